The van der Waals surface area contributed by atoms with E-state index in [1.807, 2.05) is 24.3 Å². The quantitative estimate of drug-likeness (QED) is 0.218. The Morgan fingerprint density at radius 1 is 0.829 bits per heavy atom. The molecule has 3 heterocycles. The van der Waals surface area contributed by atoms with Crippen LogP contribution < -0.4 is 15.4 Å². The van der Waals surface area contributed by atoms with Crippen molar-refractivity contribution in [1.29, 1.82) is 0 Å². The molecule has 2 N–H and O–H groups in total. The van der Waals surface area contributed by atoms with Gasteiger partial charge in [-0.15, -0.1) is 0 Å². The normalized spacial score (nSPS) is 16.5. The largest absolute Gasteiger partial charge is 0.465 e. The molecule has 0 spiro atoms. The summed E-state index contributed by atoms with van der Waals surface area (Å²) in [5.41, 5.74) is 2.35. The number of hydrogen-bond acceptors (Lipinski definition) is 8. The Hall–Kier alpha value is -2.88. The van der Waals surface area contributed by atoms with Crippen molar-refractivity contribution in [3.63, 3.8) is 0 Å². The minimum Gasteiger partial charge on any atom is -0.465 e. The first-order valence-electron chi connectivity index (χ1n) is 10.3. The van der Waals surface area contributed by atoms with E-state index < -0.39 is 6.23 Å². The second-order valence-corrected chi connectivity index (χ2v) is 11.0. The Morgan fingerprint density at radius 3 is 2.14 bits per heavy atom. The van der Waals surface area contributed by atoms with E-state index in [-0.39, 0.29) is 5.78 Å². The maximum atomic E-state index is 13.5. The van der Waals surface area contributed by atoms with E-state index in [0.717, 1.165) is 20.4 Å². The number of carbonyl (C=O) groups excluding carboxylic acids is 1. The van der Waals surface area contributed by atoms with Crippen molar-refractivity contribution in [3.8, 4) is 5.75 Å². The van der Waals surface area contributed by atoms with Crippen molar-refractivity contribution in [2.75, 3.05) is 10.6 Å². The first-order valence-corrected chi connectivity index (χ1v) is 13.1. The lowest BCUT2D eigenvalue weighted by atomic mass is 9.99. The molecule has 2 aromatic heterocycles. The highest BCUT2D eigenvalue weighted by Gasteiger charge is 2.33. The minimum absolute atomic E-state index is 0.216. The molecule has 0 saturated carbocycles. The molecule has 3 aromatic carbocycles. The van der Waals surface area contributed by atoms with E-state index in [0.29, 0.717) is 42.2 Å². The second-order valence-electron chi connectivity index (χ2n) is 7.62. The standard InChI is InChI=1S/C24H13Cl3N4O2S2/c25-11-3-6-18-14(7-11)21(32)15(10-28-23-29-16-4-1-12(26)8-19(16)34-23)22(33-18)31-24-30-17-5-2-13(27)9-20(17)35-24/h1-10,22H,(H,28,29)(H,30,31)/b15-10+/t22-/m1/s1. The Bertz CT molecular complexity index is 1660. The number of ether oxygens (including phenoxy) is 1. The van der Waals surface area contributed by atoms with Crippen LogP contribution in [0.3, 0.4) is 0 Å². The highest BCUT2D eigenvalue weighted by atomic mass is 35.5. The summed E-state index contributed by atoms with van der Waals surface area (Å²) in [6.45, 7) is 0. The lowest BCUT2D eigenvalue weighted by molar-refractivity contribution is 0.0973. The molecule has 6 nitrogen and oxygen atoms in total. The van der Waals surface area contributed by atoms with Crippen LogP contribution in [0.4, 0.5) is 10.3 Å². The van der Waals surface area contributed by atoms with Gasteiger partial charge in [-0.1, -0.05) is 57.5 Å². The molecule has 0 bridgehead atoms. The zero-order valence-corrected chi connectivity index (χ0v) is 21.4. The summed E-state index contributed by atoms with van der Waals surface area (Å²) in [6.07, 6.45) is 0.816. The first kappa shape index (κ1) is 22.6. The molecular formula is C24H13Cl3N4O2S2. The predicted octanol–water partition coefficient (Wildman–Crippen LogP) is 7.88. The molecule has 11 heteroatoms. The molecule has 0 aliphatic carbocycles. The summed E-state index contributed by atoms with van der Waals surface area (Å²) in [4.78, 5) is 22.6. The summed E-state index contributed by atoms with van der Waals surface area (Å²) < 4.78 is 8.02. The molecule has 6 rings (SSSR count). The third-order valence-corrected chi connectivity index (χ3v) is 7.89. The number of benzene rings is 3. The zero-order valence-electron chi connectivity index (χ0n) is 17.5. The fourth-order valence-corrected chi connectivity index (χ4v) is 6.11. The van der Waals surface area contributed by atoms with Crippen LogP contribution in [0.25, 0.3) is 20.4 Å². The number of carbonyl (C=O) groups is 1. The van der Waals surface area contributed by atoms with E-state index in [1.54, 1.807) is 36.5 Å². The maximum absolute atomic E-state index is 13.5. The van der Waals surface area contributed by atoms with Gasteiger partial charge in [-0.2, -0.15) is 0 Å². The zero-order chi connectivity index (χ0) is 24.1. The Morgan fingerprint density at radius 2 is 1.43 bits per heavy atom. The molecule has 5 aromatic rings. The Labute approximate surface area is 222 Å². The van der Waals surface area contributed by atoms with Gasteiger partial charge in [0.2, 0.25) is 6.23 Å². The second kappa shape index (κ2) is 8.96. The Balaban J connectivity index is 1.36. The molecule has 0 saturated heterocycles. The molecule has 0 amide bonds. The number of thiazole rings is 2. The van der Waals surface area contributed by atoms with E-state index in [1.165, 1.54) is 22.7 Å². The lowest BCUT2D eigenvalue weighted by Gasteiger charge is -2.28. The van der Waals surface area contributed by atoms with E-state index in [4.69, 9.17) is 39.5 Å². The fraction of sp³-hybridized carbons (Fsp3) is 0.0417. The number of aromatic nitrogens is 2. The summed E-state index contributed by atoms with van der Waals surface area (Å²) in [6, 6.07) is 15.9. The van der Waals surface area contributed by atoms with Gasteiger partial charge in [0.25, 0.3) is 0 Å². The number of hydrogen-bond donors (Lipinski definition) is 2. The highest BCUT2D eigenvalue weighted by molar-refractivity contribution is 7.22. The number of anilines is 2. The van der Waals surface area contributed by atoms with Crippen molar-refractivity contribution in [3.05, 3.63) is 87.0 Å². The van der Waals surface area contributed by atoms with Crippen molar-refractivity contribution >= 4 is 94.0 Å². The van der Waals surface area contributed by atoms with Crippen LogP contribution in [0.15, 0.2) is 66.4 Å². The maximum Gasteiger partial charge on any atom is 0.203 e. The summed E-state index contributed by atoms with van der Waals surface area (Å²) in [7, 11) is 0. The number of Topliss-reactive ketones (excluding diaryl/α,β-unsaturated/α-hetero) is 1. The van der Waals surface area contributed by atoms with Crippen molar-refractivity contribution in [2.24, 2.45) is 0 Å². The SMILES string of the molecule is O=C1/C(=C\Nc2nc3ccc(Cl)cc3s2)[C@H](Nc2nc3ccc(Cl)cc3s2)Oc2ccc(Cl)cc21. The predicted molar refractivity (Wildman–Crippen MR) is 145 cm³/mol. The number of nitrogens with zero attached hydrogens (tertiary/aromatic N) is 2. The van der Waals surface area contributed by atoms with E-state index >= 15 is 0 Å². The molecule has 0 unspecified atom stereocenters. The van der Waals surface area contributed by atoms with Crippen LogP contribution in [0.1, 0.15) is 10.4 Å². The van der Waals surface area contributed by atoms with Gasteiger partial charge in [-0.3, -0.25) is 4.79 Å². The van der Waals surface area contributed by atoms with Gasteiger partial charge in [-0.25, -0.2) is 9.97 Å². The number of halogens is 3. The number of ketones is 1. The van der Waals surface area contributed by atoms with E-state index in [9.17, 15) is 4.79 Å². The van der Waals surface area contributed by atoms with Crippen LogP contribution >= 0.6 is 57.5 Å². The molecule has 0 radical (unpaired) electrons. The van der Waals surface area contributed by atoms with Gasteiger partial charge in [0.1, 0.15) is 5.75 Å². The average molecular weight is 560 g/mol. The Kier molecular flexibility index (Phi) is 5.78. The fourth-order valence-electron chi connectivity index (χ4n) is 3.67. The molecule has 1 atom stereocenters. The van der Waals surface area contributed by atoms with Crippen LogP contribution in [0.2, 0.25) is 15.1 Å². The van der Waals surface area contributed by atoms with Crippen molar-refractivity contribution in [1.82, 2.24) is 9.97 Å². The van der Waals surface area contributed by atoms with Gasteiger partial charge in [0.05, 0.1) is 31.6 Å². The smallest absolute Gasteiger partial charge is 0.203 e. The molecule has 174 valence electrons. The summed E-state index contributed by atoms with van der Waals surface area (Å²) >= 11 is 21.2. The van der Waals surface area contributed by atoms with Crippen molar-refractivity contribution in [2.45, 2.75) is 6.23 Å². The average Bonchev–Trinajstić information content (AvgIpc) is 3.41. The summed E-state index contributed by atoms with van der Waals surface area (Å²) in [5, 5.41) is 9.31. The van der Waals surface area contributed by atoms with Gasteiger partial charge in [-0.05, 0) is 54.6 Å². The molecule has 1 aliphatic heterocycles. The van der Waals surface area contributed by atoms with E-state index in [2.05, 4.69) is 20.6 Å². The first-order chi connectivity index (χ1) is 16.9. The highest BCUT2D eigenvalue weighted by Crippen LogP contribution is 2.36. The van der Waals surface area contributed by atoms with Crippen molar-refractivity contribution < 1.29 is 9.53 Å². The number of rotatable bonds is 4. The lowest BCUT2D eigenvalue weighted by Crippen LogP contribution is -2.37. The van der Waals surface area contributed by atoms with Crippen LogP contribution in [0.5, 0.6) is 5.75 Å². The van der Waals surface area contributed by atoms with Crippen LogP contribution in [-0.2, 0) is 0 Å². The monoisotopic (exact) mass is 558 g/mol. The third kappa shape index (κ3) is 4.44. The molecule has 1 aliphatic rings. The third-order valence-electron chi connectivity index (χ3n) is 5.28. The molecule has 0 fully saturated rings. The van der Waals surface area contributed by atoms with Gasteiger partial charge in [0.15, 0.2) is 16.0 Å². The topological polar surface area (TPSA) is 76.1 Å². The number of fused-ring (bicyclic) bond motifs is 3. The molecular weight excluding hydrogens is 547 g/mol. The van der Waals surface area contributed by atoms with Crippen LogP contribution in [-0.4, -0.2) is 22.0 Å². The minimum atomic E-state index is -0.788. The van der Waals surface area contributed by atoms with Gasteiger partial charge >= 0.3 is 0 Å². The molecule has 35 heavy (non-hydrogen) atoms. The van der Waals surface area contributed by atoms with Gasteiger partial charge in [0, 0.05) is 21.3 Å². The van der Waals surface area contributed by atoms with Gasteiger partial charge < -0.3 is 15.4 Å². The number of nitrogens with one attached hydrogen (secondary N) is 2. The summed E-state index contributed by atoms with van der Waals surface area (Å²) in [5.74, 6) is 0.222. The van der Waals surface area contributed by atoms with Crippen LogP contribution in [0, 0.1) is 0 Å².